The number of rotatable bonds is 8. The summed E-state index contributed by atoms with van der Waals surface area (Å²) in [6.07, 6.45) is 7.74. The highest BCUT2D eigenvalue weighted by molar-refractivity contribution is 5.81. The van der Waals surface area contributed by atoms with E-state index in [0.29, 0.717) is 11.5 Å². The molecule has 0 saturated heterocycles. The molecule has 0 spiro atoms. The highest BCUT2D eigenvalue weighted by Gasteiger charge is 2.53. The van der Waals surface area contributed by atoms with E-state index in [1.54, 1.807) is 0 Å². The lowest BCUT2D eigenvalue weighted by Crippen LogP contribution is -2.47. The number of carbonyl (C=O) groups excluding carboxylic acids is 1. The molecule has 1 amide bonds. The lowest BCUT2D eigenvalue weighted by molar-refractivity contribution is -0.123. The Labute approximate surface area is 111 Å². The smallest absolute Gasteiger partial charge is 0.237 e. The van der Waals surface area contributed by atoms with Crippen molar-refractivity contribution in [3.8, 4) is 0 Å². The molecule has 18 heavy (non-hydrogen) atoms. The summed E-state index contributed by atoms with van der Waals surface area (Å²) in [5.74, 6) is 1.11. The highest BCUT2D eigenvalue weighted by Crippen LogP contribution is 2.60. The Bertz CT molecular complexity index is 295. The summed E-state index contributed by atoms with van der Waals surface area (Å²) in [7, 11) is 0. The third-order valence-corrected chi connectivity index (χ3v) is 4.60. The molecule has 0 aromatic heterocycles. The maximum atomic E-state index is 12.0. The molecule has 2 aliphatic rings. The minimum atomic E-state index is -0.0551. The maximum absolute atomic E-state index is 12.0. The van der Waals surface area contributed by atoms with E-state index in [4.69, 9.17) is 0 Å². The zero-order valence-corrected chi connectivity index (χ0v) is 12.1. The van der Waals surface area contributed by atoms with Crippen LogP contribution in [0.25, 0.3) is 0 Å². The molecule has 2 fully saturated rings. The largest absolute Gasteiger partial charge is 0.352 e. The number of carbonyl (C=O) groups is 1. The van der Waals surface area contributed by atoms with Crippen LogP contribution in [0.1, 0.15) is 59.3 Å². The molecule has 3 heteroatoms. The minimum absolute atomic E-state index is 0.0551. The maximum Gasteiger partial charge on any atom is 0.237 e. The van der Waals surface area contributed by atoms with Gasteiger partial charge >= 0.3 is 0 Å². The summed E-state index contributed by atoms with van der Waals surface area (Å²) in [5.41, 5.74) is 0.573. The normalized spacial score (nSPS) is 24.4. The summed E-state index contributed by atoms with van der Waals surface area (Å²) >= 11 is 0. The Morgan fingerprint density at radius 3 is 2.50 bits per heavy atom. The molecule has 0 heterocycles. The van der Waals surface area contributed by atoms with Gasteiger partial charge in [0.25, 0.3) is 0 Å². The van der Waals surface area contributed by atoms with E-state index in [-0.39, 0.29) is 11.9 Å². The molecule has 2 atom stereocenters. The predicted octanol–water partition coefficient (Wildman–Crippen LogP) is 2.46. The van der Waals surface area contributed by atoms with E-state index in [9.17, 15) is 4.79 Å². The van der Waals surface area contributed by atoms with Crippen LogP contribution in [0.3, 0.4) is 0 Å². The summed E-state index contributed by atoms with van der Waals surface area (Å²) in [4.78, 5) is 12.0. The number of hydrogen-bond donors (Lipinski definition) is 2. The summed E-state index contributed by atoms with van der Waals surface area (Å²) in [6, 6.07) is 0.241. The molecule has 0 aromatic rings. The van der Waals surface area contributed by atoms with Gasteiger partial charge in [-0.05, 0) is 57.3 Å². The van der Waals surface area contributed by atoms with Gasteiger partial charge < -0.3 is 10.6 Å². The third kappa shape index (κ3) is 3.47. The fourth-order valence-electron chi connectivity index (χ4n) is 2.91. The fourth-order valence-corrected chi connectivity index (χ4v) is 2.91. The van der Waals surface area contributed by atoms with Crippen molar-refractivity contribution in [2.45, 2.75) is 71.4 Å². The van der Waals surface area contributed by atoms with E-state index in [1.165, 1.54) is 25.7 Å². The topological polar surface area (TPSA) is 41.1 Å². The van der Waals surface area contributed by atoms with Crippen molar-refractivity contribution in [3.05, 3.63) is 0 Å². The number of hydrogen-bond acceptors (Lipinski definition) is 2. The van der Waals surface area contributed by atoms with Crippen LogP contribution in [0.15, 0.2) is 0 Å². The Hall–Kier alpha value is -0.570. The quantitative estimate of drug-likeness (QED) is 0.697. The molecule has 0 aromatic carbocycles. The summed E-state index contributed by atoms with van der Waals surface area (Å²) < 4.78 is 0. The zero-order chi connectivity index (χ0) is 13.2. The summed E-state index contributed by atoms with van der Waals surface area (Å²) in [6.45, 7) is 7.25. The average molecular weight is 252 g/mol. The van der Waals surface area contributed by atoms with Crippen LogP contribution >= 0.6 is 0 Å². The molecular weight excluding hydrogens is 224 g/mol. The Kier molecular flexibility index (Phi) is 4.31. The lowest BCUT2D eigenvalue weighted by Gasteiger charge is -2.21. The molecule has 2 saturated carbocycles. The van der Waals surface area contributed by atoms with Crippen LogP contribution < -0.4 is 10.6 Å². The predicted molar refractivity (Wildman–Crippen MR) is 74.4 cm³/mol. The van der Waals surface area contributed by atoms with Crippen LogP contribution in [0.4, 0.5) is 0 Å². The Morgan fingerprint density at radius 1 is 1.33 bits per heavy atom. The Morgan fingerprint density at radius 2 is 2.00 bits per heavy atom. The third-order valence-electron chi connectivity index (χ3n) is 4.60. The second-order valence-corrected chi connectivity index (χ2v) is 6.44. The molecular formula is C15H28N2O. The van der Waals surface area contributed by atoms with Crippen molar-refractivity contribution < 1.29 is 4.79 Å². The molecule has 2 unspecified atom stereocenters. The van der Waals surface area contributed by atoms with E-state index in [2.05, 4.69) is 24.5 Å². The fraction of sp³-hybridized carbons (Fsp3) is 0.933. The van der Waals surface area contributed by atoms with Crippen LogP contribution in [-0.2, 0) is 4.79 Å². The van der Waals surface area contributed by atoms with E-state index in [1.807, 2.05) is 6.92 Å². The SMILES string of the molecule is CCCC(C)NC(=O)C(C)NCC1(C2CC2)CC1. The van der Waals surface area contributed by atoms with Crippen LogP contribution in [0.2, 0.25) is 0 Å². The van der Waals surface area contributed by atoms with Crippen molar-refractivity contribution in [3.63, 3.8) is 0 Å². The van der Waals surface area contributed by atoms with E-state index >= 15 is 0 Å². The van der Waals surface area contributed by atoms with E-state index in [0.717, 1.165) is 25.3 Å². The van der Waals surface area contributed by atoms with Crippen molar-refractivity contribution in [1.82, 2.24) is 10.6 Å². The van der Waals surface area contributed by atoms with Gasteiger partial charge in [-0.25, -0.2) is 0 Å². The van der Waals surface area contributed by atoms with Gasteiger partial charge in [-0.3, -0.25) is 4.79 Å². The van der Waals surface area contributed by atoms with Gasteiger partial charge in [-0.2, -0.15) is 0 Å². The van der Waals surface area contributed by atoms with Gasteiger partial charge in [0, 0.05) is 12.6 Å². The van der Waals surface area contributed by atoms with Gasteiger partial charge in [0.15, 0.2) is 0 Å². The Balaban J connectivity index is 1.67. The van der Waals surface area contributed by atoms with Gasteiger partial charge in [-0.1, -0.05) is 13.3 Å². The van der Waals surface area contributed by atoms with Crippen molar-refractivity contribution in [1.29, 1.82) is 0 Å². The number of nitrogens with one attached hydrogen (secondary N) is 2. The standard InChI is InChI=1S/C15H28N2O/c1-4-5-11(2)17-14(18)12(3)16-10-15(8-9-15)13-6-7-13/h11-13,16H,4-10H2,1-3H3,(H,17,18). The first kappa shape index (κ1) is 13.9. The van der Waals surface area contributed by atoms with Crippen LogP contribution in [0, 0.1) is 11.3 Å². The first-order chi connectivity index (χ1) is 8.57. The van der Waals surface area contributed by atoms with Crippen LogP contribution in [0.5, 0.6) is 0 Å². The molecule has 104 valence electrons. The minimum Gasteiger partial charge on any atom is -0.352 e. The number of amides is 1. The van der Waals surface area contributed by atoms with Gasteiger partial charge in [0.2, 0.25) is 5.91 Å². The summed E-state index contributed by atoms with van der Waals surface area (Å²) in [5, 5.41) is 6.52. The van der Waals surface area contributed by atoms with Gasteiger partial charge in [0.1, 0.15) is 0 Å². The molecule has 0 aliphatic heterocycles. The molecule has 3 nitrogen and oxygen atoms in total. The molecule has 0 bridgehead atoms. The van der Waals surface area contributed by atoms with Gasteiger partial charge in [-0.15, -0.1) is 0 Å². The van der Waals surface area contributed by atoms with Crippen molar-refractivity contribution in [2.75, 3.05) is 6.54 Å². The zero-order valence-electron chi connectivity index (χ0n) is 12.1. The van der Waals surface area contributed by atoms with Crippen molar-refractivity contribution in [2.24, 2.45) is 11.3 Å². The highest BCUT2D eigenvalue weighted by atomic mass is 16.2. The van der Waals surface area contributed by atoms with Gasteiger partial charge in [0.05, 0.1) is 6.04 Å². The molecule has 0 radical (unpaired) electrons. The second-order valence-electron chi connectivity index (χ2n) is 6.44. The monoisotopic (exact) mass is 252 g/mol. The first-order valence-electron chi connectivity index (χ1n) is 7.61. The first-order valence-corrected chi connectivity index (χ1v) is 7.61. The second kappa shape index (κ2) is 5.60. The van der Waals surface area contributed by atoms with Crippen LogP contribution in [-0.4, -0.2) is 24.5 Å². The van der Waals surface area contributed by atoms with Crippen molar-refractivity contribution >= 4 is 5.91 Å². The molecule has 2 rings (SSSR count). The lowest BCUT2D eigenvalue weighted by atomic mass is 10.0. The molecule has 2 N–H and O–H groups in total. The average Bonchev–Trinajstić information content (AvgIpc) is 3.16. The molecule has 2 aliphatic carbocycles. The van der Waals surface area contributed by atoms with E-state index < -0.39 is 0 Å².